The molecule has 5 heteroatoms. The van der Waals surface area contributed by atoms with Crippen LogP contribution < -0.4 is 10.1 Å². The van der Waals surface area contributed by atoms with E-state index >= 15 is 0 Å². The van der Waals surface area contributed by atoms with Crippen molar-refractivity contribution in [3.63, 3.8) is 0 Å². The average molecular weight is 279 g/mol. The van der Waals surface area contributed by atoms with Gasteiger partial charge in [0.15, 0.2) is 12.4 Å². The summed E-state index contributed by atoms with van der Waals surface area (Å²) in [6.07, 6.45) is 0. The monoisotopic (exact) mass is 279 g/mol. The lowest BCUT2D eigenvalue weighted by Crippen LogP contribution is -2.45. The first-order valence-corrected chi connectivity index (χ1v) is 6.57. The molecule has 0 aliphatic carbocycles. The minimum absolute atomic E-state index is 0.0289. The van der Waals surface area contributed by atoms with Crippen molar-refractivity contribution in [2.75, 3.05) is 6.61 Å². The van der Waals surface area contributed by atoms with Gasteiger partial charge in [-0.1, -0.05) is 32.0 Å². The van der Waals surface area contributed by atoms with Crippen LogP contribution in [0.4, 0.5) is 0 Å². The minimum atomic E-state index is -0.501. The van der Waals surface area contributed by atoms with Crippen LogP contribution in [-0.4, -0.2) is 29.4 Å². The molecule has 1 unspecified atom stereocenters. The fourth-order valence-corrected chi connectivity index (χ4v) is 1.87. The smallest absolute Gasteiger partial charge is 0.258 e. The van der Waals surface area contributed by atoms with Crippen LogP contribution in [0.25, 0.3) is 0 Å². The first-order chi connectivity index (χ1) is 9.45. The maximum atomic E-state index is 11.8. The Morgan fingerprint density at radius 1 is 1.30 bits per heavy atom. The fourth-order valence-electron chi connectivity index (χ4n) is 1.87. The minimum Gasteiger partial charge on any atom is -0.483 e. The zero-order valence-corrected chi connectivity index (χ0v) is 12.1. The maximum absolute atomic E-state index is 11.8. The molecule has 0 saturated heterocycles. The Hall–Kier alpha value is -1.88. The summed E-state index contributed by atoms with van der Waals surface area (Å²) in [5, 5.41) is 11.8. The Morgan fingerprint density at radius 3 is 2.50 bits per heavy atom. The second kappa shape index (κ2) is 7.65. The summed E-state index contributed by atoms with van der Waals surface area (Å²) in [5.74, 6) is 0.0611. The molecule has 2 N–H and O–H groups in total. The van der Waals surface area contributed by atoms with E-state index in [-0.39, 0.29) is 30.8 Å². The first-order valence-electron chi connectivity index (χ1n) is 6.57. The Bertz CT molecular complexity index is 471. The maximum Gasteiger partial charge on any atom is 0.258 e. The van der Waals surface area contributed by atoms with E-state index < -0.39 is 6.04 Å². The van der Waals surface area contributed by atoms with Crippen molar-refractivity contribution in [3.8, 4) is 5.75 Å². The molecule has 5 nitrogen and oxygen atoms in total. The Morgan fingerprint density at radius 2 is 1.95 bits per heavy atom. The first kappa shape index (κ1) is 16.2. The molecule has 0 fully saturated rings. The van der Waals surface area contributed by atoms with E-state index in [0.29, 0.717) is 11.3 Å². The van der Waals surface area contributed by atoms with Gasteiger partial charge in [0.2, 0.25) is 0 Å². The second-order valence-corrected chi connectivity index (χ2v) is 4.95. The molecule has 1 atom stereocenters. The van der Waals surface area contributed by atoms with Crippen LogP contribution in [0.2, 0.25) is 0 Å². The summed E-state index contributed by atoms with van der Waals surface area (Å²) in [6.45, 7) is 4.85. The van der Waals surface area contributed by atoms with Gasteiger partial charge in [-0.2, -0.15) is 0 Å². The summed E-state index contributed by atoms with van der Waals surface area (Å²) < 4.78 is 5.37. The quantitative estimate of drug-likeness (QED) is 0.788. The third-order valence-corrected chi connectivity index (χ3v) is 2.92. The Kier molecular flexibility index (Phi) is 6.18. The molecule has 0 aromatic heterocycles. The number of carbonyl (C=O) groups excluding carboxylic acids is 2. The van der Waals surface area contributed by atoms with Gasteiger partial charge in [0.05, 0.1) is 12.6 Å². The number of hydrogen-bond donors (Lipinski definition) is 2. The van der Waals surface area contributed by atoms with Gasteiger partial charge in [-0.05, 0) is 18.9 Å². The molecule has 20 heavy (non-hydrogen) atoms. The van der Waals surface area contributed by atoms with Crippen molar-refractivity contribution in [1.82, 2.24) is 5.32 Å². The lowest BCUT2D eigenvalue weighted by Gasteiger charge is -2.19. The number of ketones is 1. The molecule has 0 heterocycles. The van der Waals surface area contributed by atoms with Crippen molar-refractivity contribution in [3.05, 3.63) is 29.8 Å². The molecule has 0 aliphatic heterocycles. The molecular weight excluding hydrogens is 258 g/mol. The molecule has 1 amide bonds. The number of rotatable bonds is 7. The number of amides is 1. The standard InChI is InChI=1S/C15H21NO4/c1-10(2)15(11(3)18)16-14(19)9-20-13-7-5-4-6-12(13)8-17/h4-7,10,15,17H,8-9H2,1-3H3,(H,16,19). The molecule has 1 aromatic carbocycles. The van der Waals surface area contributed by atoms with Crippen molar-refractivity contribution in [2.24, 2.45) is 5.92 Å². The third-order valence-electron chi connectivity index (χ3n) is 2.92. The van der Waals surface area contributed by atoms with Crippen molar-refractivity contribution >= 4 is 11.7 Å². The normalized spacial score (nSPS) is 12.1. The number of aliphatic hydroxyl groups excluding tert-OH is 1. The molecule has 1 rings (SSSR count). The van der Waals surface area contributed by atoms with E-state index in [2.05, 4.69) is 5.32 Å². The van der Waals surface area contributed by atoms with Gasteiger partial charge in [-0.25, -0.2) is 0 Å². The van der Waals surface area contributed by atoms with Gasteiger partial charge in [0, 0.05) is 5.56 Å². The molecule has 1 aromatic rings. The SMILES string of the molecule is CC(=O)C(NC(=O)COc1ccccc1CO)C(C)C. The number of carbonyl (C=O) groups is 2. The van der Waals surface area contributed by atoms with Gasteiger partial charge < -0.3 is 15.2 Å². The van der Waals surface area contributed by atoms with E-state index in [4.69, 9.17) is 9.84 Å². The van der Waals surface area contributed by atoms with Crippen LogP contribution in [0.3, 0.4) is 0 Å². The van der Waals surface area contributed by atoms with Crippen LogP contribution in [0.15, 0.2) is 24.3 Å². The van der Waals surface area contributed by atoms with E-state index in [1.54, 1.807) is 24.3 Å². The van der Waals surface area contributed by atoms with Crippen LogP contribution in [0.5, 0.6) is 5.75 Å². The second-order valence-electron chi connectivity index (χ2n) is 4.95. The highest BCUT2D eigenvalue weighted by Gasteiger charge is 2.20. The van der Waals surface area contributed by atoms with Crippen LogP contribution >= 0.6 is 0 Å². The van der Waals surface area contributed by atoms with Crippen LogP contribution in [0.1, 0.15) is 26.3 Å². The van der Waals surface area contributed by atoms with E-state index in [9.17, 15) is 9.59 Å². The van der Waals surface area contributed by atoms with Gasteiger partial charge in [0.1, 0.15) is 5.75 Å². The number of aliphatic hydroxyl groups is 1. The predicted octanol–water partition coefficient (Wildman–Crippen LogP) is 1.29. The molecule has 0 spiro atoms. The molecule has 0 saturated carbocycles. The van der Waals surface area contributed by atoms with Crippen LogP contribution in [-0.2, 0) is 16.2 Å². The molecular formula is C15H21NO4. The number of nitrogens with one attached hydrogen (secondary N) is 1. The van der Waals surface area contributed by atoms with Crippen molar-refractivity contribution < 1.29 is 19.4 Å². The van der Waals surface area contributed by atoms with Crippen LogP contribution in [0, 0.1) is 5.92 Å². The Balaban J connectivity index is 2.57. The summed E-state index contributed by atoms with van der Waals surface area (Å²) >= 11 is 0. The number of ether oxygens (including phenoxy) is 1. The van der Waals surface area contributed by atoms with Gasteiger partial charge in [-0.15, -0.1) is 0 Å². The molecule has 0 aliphatic rings. The zero-order valence-electron chi connectivity index (χ0n) is 12.1. The number of para-hydroxylation sites is 1. The largest absolute Gasteiger partial charge is 0.483 e. The lowest BCUT2D eigenvalue weighted by molar-refractivity contribution is -0.129. The summed E-state index contributed by atoms with van der Waals surface area (Å²) in [6, 6.07) is 6.45. The number of hydrogen-bond acceptors (Lipinski definition) is 4. The summed E-state index contributed by atoms with van der Waals surface area (Å²) in [7, 11) is 0. The third kappa shape index (κ3) is 4.66. The Labute approximate surface area is 118 Å². The van der Waals surface area contributed by atoms with Gasteiger partial charge >= 0.3 is 0 Å². The van der Waals surface area contributed by atoms with Crippen molar-refractivity contribution in [2.45, 2.75) is 33.4 Å². The zero-order chi connectivity index (χ0) is 15.1. The number of benzene rings is 1. The van der Waals surface area contributed by atoms with E-state index in [1.807, 2.05) is 13.8 Å². The fraction of sp³-hybridized carbons (Fsp3) is 0.467. The van der Waals surface area contributed by atoms with Gasteiger partial charge in [-0.3, -0.25) is 9.59 Å². The lowest BCUT2D eigenvalue weighted by atomic mass is 10.0. The van der Waals surface area contributed by atoms with Gasteiger partial charge in [0.25, 0.3) is 5.91 Å². The predicted molar refractivity (Wildman–Crippen MR) is 75.3 cm³/mol. The van der Waals surface area contributed by atoms with E-state index in [1.165, 1.54) is 6.92 Å². The summed E-state index contributed by atoms with van der Waals surface area (Å²) in [5.41, 5.74) is 0.618. The highest BCUT2D eigenvalue weighted by atomic mass is 16.5. The highest BCUT2D eigenvalue weighted by molar-refractivity contribution is 5.88. The molecule has 0 bridgehead atoms. The van der Waals surface area contributed by atoms with Crippen molar-refractivity contribution in [1.29, 1.82) is 0 Å². The molecule has 0 radical (unpaired) electrons. The number of Topliss-reactive ketones (excluding diaryl/α,β-unsaturated/α-hetero) is 1. The summed E-state index contributed by atoms with van der Waals surface area (Å²) in [4.78, 5) is 23.2. The molecule has 110 valence electrons. The average Bonchev–Trinajstić information content (AvgIpc) is 2.42. The highest BCUT2D eigenvalue weighted by Crippen LogP contribution is 2.17. The van der Waals surface area contributed by atoms with E-state index in [0.717, 1.165) is 0 Å². The topological polar surface area (TPSA) is 75.6 Å².